The maximum atomic E-state index is 6.09. The average molecular weight is 947 g/mol. The number of hydrogen-bond acceptors (Lipinski definition) is 2. The molecule has 2 N–H and O–H groups in total. The topological polar surface area (TPSA) is 57.4 Å². The molecule has 2 aliphatic heterocycles. The summed E-state index contributed by atoms with van der Waals surface area (Å²) in [5.41, 5.74) is 19.3. The number of nitrogens with one attached hydrogen (secondary N) is 2. The minimum Gasteiger partial charge on any atom is -0.354 e. The molecule has 0 unspecified atom stereocenters. The van der Waals surface area contributed by atoms with Crippen molar-refractivity contribution in [2.45, 2.75) is 39.5 Å². The quantitative estimate of drug-likeness (QED) is 0.185. The fourth-order valence-corrected chi connectivity index (χ4v) is 12.5. The average Bonchev–Trinajstić information content (AvgIpc) is 4.18. The zero-order chi connectivity index (χ0) is 49.3. The number of benzene rings is 10. The Morgan fingerprint density at radius 3 is 0.838 bits per heavy atom. The van der Waals surface area contributed by atoms with Crippen molar-refractivity contribution in [1.82, 2.24) is 19.9 Å². The van der Waals surface area contributed by atoms with Crippen molar-refractivity contribution in [3.05, 3.63) is 217 Å². The van der Waals surface area contributed by atoms with E-state index < -0.39 is 0 Å². The molecular weight excluding hydrogens is 897 g/mol. The van der Waals surface area contributed by atoms with Crippen LogP contribution in [0.25, 0.3) is 154 Å². The maximum absolute atomic E-state index is 6.09. The summed E-state index contributed by atoms with van der Waals surface area (Å²) < 4.78 is 0. The van der Waals surface area contributed by atoms with Gasteiger partial charge in [-0.25, -0.2) is 9.97 Å². The molecule has 4 nitrogen and oxygen atoms in total. The highest BCUT2D eigenvalue weighted by atomic mass is 14.8. The van der Waals surface area contributed by atoms with E-state index in [0.29, 0.717) is 0 Å². The van der Waals surface area contributed by atoms with E-state index in [-0.39, 0.29) is 11.8 Å². The summed E-state index contributed by atoms with van der Waals surface area (Å²) in [5.74, 6) is 0.132. The summed E-state index contributed by atoms with van der Waals surface area (Å²) in [6, 6.07) is 76.1. The Labute approximate surface area is 428 Å². The van der Waals surface area contributed by atoms with Crippen molar-refractivity contribution < 1.29 is 0 Å². The molecule has 74 heavy (non-hydrogen) atoms. The normalized spacial score (nSPS) is 12.3. The van der Waals surface area contributed by atoms with Crippen LogP contribution < -0.4 is 0 Å². The van der Waals surface area contributed by atoms with E-state index in [4.69, 9.17) is 9.97 Å². The van der Waals surface area contributed by atoms with Crippen LogP contribution in [0, 0.1) is 0 Å². The Kier molecular flexibility index (Phi) is 9.31. The molecule has 0 fully saturated rings. The highest BCUT2D eigenvalue weighted by molar-refractivity contribution is 6.22. The first-order valence-corrected chi connectivity index (χ1v) is 26.0. The number of rotatable bonds is 4. The minimum atomic E-state index is 0.0659. The van der Waals surface area contributed by atoms with Gasteiger partial charge >= 0.3 is 0 Å². The molecule has 15 rings (SSSR count). The van der Waals surface area contributed by atoms with Gasteiger partial charge in [-0.15, -0.1) is 0 Å². The molecule has 0 atom stereocenters. The second-order valence-electron chi connectivity index (χ2n) is 21.0. The predicted octanol–water partition coefficient (Wildman–Crippen LogP) is 19.5. The lowest BCUT2D eigenvalue weighted by Gasteiger charge is -2.12. The van der Waals surface area contributed by atoms with Gasteiger partial charge in [-0.3, -0.25) is 0 Å². The number of nitrogens with zero attached hydrogens (tertiary/aromatic N) is 2. The van der Waals surface area contributed by atoms with E-state index in [1.54, 1.807) is 0 Å². The van der Waals surface area contributed by atoms with Crippen molar-refractivity contribution in [1.29, 1.82) is 0 Å². The second-order valence-corrected chi connectivity index (χ2v) is 21.0. The monoisotopic (exact) mass is 946 g/mol. The van der Waals surface area contributed by atoms with Gasteiger partial charge in [-0.1, -0.05) is 185 Å². The Morgan fingerprint density at radius 1 is 0.284 bits per heavy atom. The molecule has 0 saturated carbocycles. The summed E-state index contributed by atoms with van der Waals surface area (Å²) in [6.07, 6.45) is 0. The lowest BCUT2D eigenvalue weighted by molar-refractivity contribution is 0.872. The Bertz CT molecular complexity index is 4410. The van der Waals surface area contributed by atoms with E-state index in [1.165, 1.54) is 54.2 Å². The van der Waals surface area contributed by atoms with E-state index >= 15 is 0 Å². The third-order valence-electron chi connectivity index (χ3n) is 15.9. The number of aromatic amines is 2. The first-order chi connectivity index (χ1) is 36.3. The Hall–Kier alpha value is -9.12. The van der Waals surface area contributed by atoms with E-state index in [2.05, 4.69) is 244 Å². The Balaban J connectivity index is 1.29. The van der Waals surface area contributed by atoms with Gasteiger partial charge in [0, 0.05) is 66.1 Å². The molecule has 8 bridgehead atoms. The molecule has 0 spiro atoms. The van der Waals surface area contributed by atoms with Crippen LogP contribution in [-0.2, 0) is 0 Å². The van der Waals surface area contributed by atoms with Gasteiger partial charge in [-0.05, 0) is 115 Å². The summed E-state index contributed by atoms with van der Waals surface area (Å²) in [6.45, 7) is 9.31. The zero-order valence-electron chi connectivity index (χ0n) is 41.7. The number of hydrogen-bond donors (Lipinski definition) is 2. The number of H-pyrrole nitrogens is 2. The molecule has 2 aliphatic rings. The Morgan fingerprint density at radius 2 is 0.541 bits per heavy atom. The van der Waals surface area contributed by atoms with Gasteiger partial charge in [0.05, 0.1) is 44.8 Å². The number of aromatic nitrogens is 4. The van der Waals surface area contributed by atoms with Gasteiger partial charge in [0.2, 0.25) is 0 Å². The third-order valence-corrected chi connectivity index (χ3v) is 15.9. The van der Waals surface area contributed by atoms with Crippen LogP contribution in [0.5, 0.6) is 0 Å². The summed E-state index contributed by atoms with van der Waals surface area (Å²) in [5, 5.41) is 14.1. The maximum Gasteiger partial charge on any atom is 0.0816 e. The molecule has 0 saturated heterocycles. The molecule has 350 valence electrons. The van der Waals surface area contributed by atoms with Gasteiger partial charge in [0.1, 0.15) is 0 Å². The molecular formula is C70H50N4. The molecule has 10 aromatic carbocycles. The van der Waals surface area contributed by atoms with Crippen molar-refractivity contribution >= 4 is 86.7 Å². The third kappa shape index (κ3) is 6.34. The van der Waals surface area contributed by atoms with Gasteiger partial charge < -0.3 is 9.97 Å². The van der Waals surface area contributed by atoms with Crippen LogP contribution >= 0.6 is 0 Å². The fraction of sp³-hybridized carbons (Fsp3) is 0.0857. The number of fused-ring (bicyclic) bond motifs is 24. The molecule has 0 radical (unpaired) electrons. The molecule has 5 heterocycles. The molecule has 3 aromatic heterocycles. The highest BCUT2D eigenvalue weighted by Gasteiger charge is 2.31. The molecule has 0 aliphatic carbocycles. The summed E-state index contributed by atoms with van der Waals surface area (Å²) in [4.78, 5) is 20.7. The van der Waals surface area contributed by atoms with Crippen LogP contribution in [0.2, 0.25) is 0 Å². The van der Waals surface area contributed by atoms with Crippen molar-refractivity contribution in [2.24, 2.45) is 0 Å². The highest BCUT2D eigenvalue weighted by Crippen LogP contribution is 2.52. The first-order valence-electron chi connectivity index (χ1n) is 26.0. The van der Waals surface area contributed by atoms with Crippen molar-refractivity contribution in [3.8, 4) is 67.3 Å². The van der Waals surface area contributed by atoms with E-state index in [9.17, 15) is 0 Å². The minimum absolute atomic E-state index is 0.0659. The molecule has 4 heteroatoms. The summed E-state index contributed by atoms with van der Waals surface area (Å²) >= 11 is 0. The fourth-order valence-electron chi connectivity index (χ4n) is 12.5. The lowest BCUT2D eigenvalue weighted by Crippen LogP contribution is -1.94. The van der Waals surface area contributed by atoms with Gasteiger partial charge in [0.15, 0.2) is 0 Å². The van der Waals surface area contributed by atoms with Gasteiger partial charge in [0.25, 0.3) is 0 Å². The van der Waals surface area contributed by atoms with E-state index in [1.807, 2.05) is 0 Å². The van der Waals surface area contributed by atoms with Crippen LogP contribution in [-0.4, -0.2) is 19.9 Å². The SMILES string of the molecule is CC(C)c1c2nc(c(-c3ccccc3)c3[nH]c(c(C(C)C)c4nc(c(-c5ccccc5)c5[nH]c1c1cc6ccccc6cc51)-c1cc5ccccc5cc1-4)c1cc4ccccc4cc31)-c1cc3ccccc3cc1-2. The lowest BCUT2D eigenvalue weighted by atomic mass is 9.90. The van der Waals surface area contributed by atoms with Crippen molar-refractivity contribution in [2.75, 3.05) is 0 Å². The molecule has 13 aromatic rings. The second kappa shape index (κ2) is 16.2. The zero-order valence-corrected chi connectivity index (χ0v) is 41.7. The van der Waals surface area contributed by atoms with Gasteiger partial charge in [-0.2, -0.15) is 0 Å². The molecule has 0 amide bonds. The first kappa shape index (κ1) is 42.6. The van der Waals surface area contributed by atoms with E-state index in [0.717, 1.165) is 111 Å². The van der Waals surface area contributed by atoms with Crippen LogP contribution in [0.15, 0.2) is 206 Å². The standard InChI is InChI=1S/C70H50N4/c1-39(2)59-63-51-31-43-23-11-15-27-47(43)35-55(51)67(71-63)61(41-19-7-5-8-20-41)69-57-37-49-29-17-13-25-45(49)33-53(57)65(73-69)60(40(3)4)66-54-34-46-26-14-18-30-50(46)38-58(54)70(74-66)62(42-21-9-6-10-22-42)68-56-36-48-28-16-12-24-44(48)32-52(56)64(59)72-68/h5-40,71,74H,1-4H3. The van der Waals surface area contributed by atoms with Crippen LogP contribution in [0.4, 0.5) is 0 Å². The summed E-state index contributed by atoms with van der Waals surface area (Å²) in [7, 11) is 0. The smallest absolute Gasteiger partial charge is 0.0816 e. The van der Waals surface area contributed by atoms with Crippen LogP contribution in [0.3, 0.4) is 0 Å². The predicted molar refractivity (Wildman–Crippen MR) is 314 cm³/mol. The largest absolute Gasteiger partial charge is 0.354 e. The van der Waals surface area contributed by atoms with Crippen molar-refractivity contribution in [3.63, 3.8) is 0 Å². The van der Waals surface area contributed by atoms with Crippen LogP contribution in [0.1, 0.15) is 50.7 Å².